The highest BCUT2D eigenvalue weighted by Crippen LogP contribution is 2.53. The molecule has 0 aliphatic heterocycles. The Balaban J connectivity index is 1.91. The fourth-order valence-electron chi connectivity index (χ4n) is 3.56. The molecule has 0 radical (unpaired) electrons. The first kappa shape index (κ1) is 11.2. The first-order valence-electron chi connectivity index (χ1n) is 7.16. The number of rotatable bonds is 2. The van der Waals surface area contributed by atoms with Crippen molar-refractivity contribution in [2.45, 2.75) is 33.1 Å². The molecule has 1 heteroatoms. The van der Waals surface area contributed by atoms with Gasteiger partial charge in [-0.2, -0.15) is 0 Å². The Morgan fingerprint density at radius 3 is 2.47 bits per heavy atom. The second-order valence-corrected chi connectivity index (χ2v) is 6.72. The van der Waals surface area contributed by atoms with Crippen LogP contribution >= 0.6 is 0 Å². The van der Waals surface area contributed by atoms with E-state index in [1.165, 1.54) is 21.9 Å². The molecule has 0 amide bonds. The van der Waals surface area contributed by atoms with Crippen molar-refractivity contribution in [3.8, 4) is 0 Å². The summed E-state index contributed by atoms with van der Waals surface area (Å²) in [6.45, 7) is 4.38. The minimum Gasteiger partial charge on any atom is -0.294 e. The summed E-state index contributed by atoms with van der Waals surface area (Å²) in [7, 11) is 0. The average Bonchev–Trinajstić information content (AvgIpc) is 2.83. The van der Waals surface area contributed by atoms with E-state index in [9.17, 15) is 4.79 Å². The SMILES string of the molecule is CC1(C)CC1C(=O)c1ccc2c3c(cccc13)CC2. The summed E-state index contributed by atoms with van der Waals surface area (Å²) in [6.07, 6.45) is 3.28. The molecule has 0 spiro atoms. The van der Waals surface area contributed by atoms with E-state index in [0.29, 0.717) is 5.78 Å². The molecule has 2 aromatic carbocycles. The van der Waals surface area contributed by atoms with Crippen molar-refractivity contribution < 1.29 is 4.79 Å². The summed E-state index contributed by atoms with van der Waals surface area (Å²) in [5, 5.41) is 2.53. The van der Waals surface area contributed by atoms with E-state index in [2.05, 4.69) is 44.2 Å². The molecule has 19 heavy (non-hydrogen) atoms. The van der Waals surface area contributed by atoms with Gasteiger partial charge in [0.25, 0.3) is 0 Å². The number of carbonyl (C=O) groups is 1. The van der Waals surface area contributed by atoms with Crippen LogP contribution in [0.3, 0.4) is 0 Å². The van der Waals surface area contributed by atoms with Gasteiger partial charge in [-0.3, -0.25) is 4.79 Å². The molecular weight excluding hydrogens is 232 g/mol. The summed E-state index contributed by atoms with van der Waals surface area (Å²) >= 11 is 0. The van der Waals surface area contributed by atoms with Crippen molar-refractivity contribution in [2.24, 2.45) is 11.3 Å². The van der Waals surface area contributed by atoms with Gasteiger partial charge in [-0.1, -0.05) is 44.2 Å². The van der Waals surface area contributed by atoms with Crippen molar-refractivity contribution in [2.75, 3.05) is 0 Å². The zero-order chi connectivity index (χ0) is 13.2. The minimum atomic E-state index is 0.208. The van der Waals surface area contributed by atoms with E-state index >= 15 is 0 Å². The molecule has 0 N–H and O–H groups in total. The van der Waals surface area contributed by atoms with Crippen molar-refractivity contribution >= 4 is 16.6 Å². The minimum absolute atomic E-state index is 0.208. The van der Waals surface area contributed by atoms with Gasteiger partial charge in [0.2, 0.25) is 0 Å². The van der Waals surface area contributed by atoms with E-state index in [4.69, 9.17) is 0 Å². The number of Topliss-reactive ketones (excluding diaryl/α,β-unsaturated/α-hetero) is 1. The lowest BCUT2D eigenvalue weighted by Crippen LogP contribution is -2.07. The van der Waals surface area contributed by atoms with Crippen LogP contribution in [0, 0.1) is 11.3 Å². The zero-order valence-corrected chi connectivity index (χ0v) is 11.5. The fourth-order valence-corrected chi connectivity index (χ4v) is 3.56. The van der Waals surface area contributed by atoms with Gasteiger partial charge in [0.15, 0.2) is 5.78 Å². The van der Waals surface area contributed by atoms with Crippen molar-refractivity contribution in [1.82, 2.24) is 0 Å². The molecule has 2 aliphatic rings. The summed E-state index contributed by atoms with van der Waals surface area (Å²) in [5.41, 5.74) is 3.98. The average molecular weight is 250 g/mol. The van der Waals surface area contributed by atoms with Crippen molar-refractivity contribution in [3.05, 3.63) is 47.0 Å². The maximum Gasteiger partial charge on any atom is 0.167 e. The smallest absolute Gasteiger partial charge is 0.167 e. The van der Waals surface area contributed by atoms with Crippen LogP contribution in [0.2, 0.25) is 0 Å². The largest absolute Gasteiger partial charge is 0.294 e. The fraction of sp³-hybridized carbons (Fsp3) is 0.389. The molecule has 0 saturated heterocycles. The molecule has 96 valence electrons. The van der Waals surface area contributed by atoms with Gasteiger partial charge in [0, 0.05) is 11.5 Å². The lowest BCUT2D eigenvalue weighted by molar-refractivity contribution is 0.0955. The molecule has 0 bridgehead atoms. The number of carbonyl (C=O) groups excluding carboxylic acids is 1. The van der Waals surface area contributed by atoms with Gasteiger partial charge in [-0.15, -0.1) is 0 Å². The Hall–Kier alpha value is -1.63. The molecule has 1 nitrogen and oxygen atoms in total. The van der Waals surface area contributed by atoms with Crippen LogP contribution in [0.15, 0.2) is 30.3 Å². The third-order valence-corrected chi connectivity index (χ3v) is 4.97. The number of hydrogen-bond donors (Lipinski definition) is 0. The van der Waals surface area contributed by atoms with Crippen molar-refractivity contribution in [3.63, 3.8) is 0 Å². The summed E-state index contributed by atoms with van der Waals surface area (Å²) in [6, 6.07) is 10.6. The molecule has 1 atom stereocenters. The van der Waals surface area contributed by atoms with Crippen LogP contribution < -0.4 is 0 Å². The molecule has 0 aromatic heterocycles. The van der Waals surface area contributed by atoms with E-state index in [1.807, 2.05) is 0 Å². The monoisotopic (exact) mass is 250 g/mol. The molecule has 0 heterocycles. The standard InChI is InChI=1S/C18H18O/c1-18(2)10-15(18)17(19)14-9-8-12-7-6-11-4-3-5-13(14)16(11)12/h3-5,8-9,15H,6-7,10H2,1-2H3. The Kier molecular flexibility index (Phi) is 2.05. The Morgan fingerprint density at radius 1 is 1.11 bits per heavy atom. The molecular formula is C18H18O. The van der Waals surface area contributed by atoms with Crippen LogP contribution in [0.1, 0.15) is 41.8 Å². The Bertz CT molecular complexity index is 699. The number of aryl methyl sites for hydroxylation is 2. The van der Waals surface area contributed by atoms with Crippen LogP contribution in [0.5, 0.6) is 0 Å². The summed E-state index contributed by atoms with van der Waals surface area (Å²) < 4.78 is 0. The van der Waals surface area contributed by atoms with E-state index in [0.717, 1.165) is 24.8 Å². The molecule has 1 unspecified atom stereocenters. The first-order valence-corrected chi connectivity index (χ1v) is 7.16. The van der Waals surface area contributed by atoms with Crippen LogP contribution in [-0.4, -0.2) is 5.78 Å². The van der Waals surface area contributed by atoms with Crippen LogP contribution in [0.4, 0.5) is 0 Å². The van der Waals surface area contributed by atoms with Crippen LogP contribution in [-0.2, 0) is 12.8 Å². The summed E-state index contributed by atoms with van der Waals surface area (Å²) in [5.74, 6) is 0.576. The predicted octanol–water partition coefficient (Wildman–Crippen LogP) is 4.17. The lowest BCUT2D eigenvalue weighted by atomic mass is 9.94. The first-order chi connectivity index (χ1) is 9.08. The highest BCUT2D eigenvalue weighted by molar-refractivity contribution is 6.12. The molecule has 2 aliphatic carbocycles. The van der Waals surface area contributed by atoms with E-state index in [1.54, 1.807) is 0 Å². The number of ketones is 1. The lowest BCUT2D eigenvalue weighted by Gasteiger charge is -2.09. The third kappa shape index (κ3) is 1.51. The van der Waals surface area contributed by atoms with Gasteiger partial charge >= 0.3 is 0 Å². The number of benzene rings is 2. The highest BCUT2D eigenvalue weighted by Gasteiger charge is 2.50. The molecule has 1 fully saturated rings. The second-order valence-electron chi connectivity index (χ2n) is 6.72. The predicted molar refractivity (Wildman–Crippen MR) is 77.6 cm³/mol. The highest BCUT2D eigenvalue weighted by atomic mass is 16.1. The van der Waals surface area contributed by atoms with Gasteiger partial charge in [-0.25, -0.2) is 0 Å². The van der Waals surface area contributed by atoms with Crippen LogP contribution in [0.25, 0.3) is 10.8 Å². The molecule has 2 aromatic rings. The normalized spacial score (nSPS) is 22.7. The Labute approximate surface area is 113 Å². The molecule has 1 saturated carbocycles. The van der Waals surface area contributed by atoms with Gasteiger partial charge in [0.05, 0.1) is 0 Å². The van der Waals surface area contributed by atoms with E-state index < -0.39 is 0 Å². The van der Waals surface area contributed by atoms with Gasteiger partial charge in [-0.05, 0) is 46.6 Å². The topological polar surface area (TPSA) is 17.1 Å². The van der Waals surface area contributed by atoms with E-state index in [-0.39, 0.29) is 11.3 Å². The third-order valence-electron chi connectivity index (χ3n) is 4.97. The van der Waals surface area contributed by atoms with Gasteiger partial charge in [0.1, 0.15) is 0 Å². The zero-order valence-electron chi connectivity index (χ0n) is 11.5. The maximum atomic E-state index is 12.7. The second kappa shape index (κ2) is 3.47. The van der Waals surface area contributed by atoms with Gasteiger partial charge < -0.3 is 0 Å². The van der Waals surface area contributed by atoms with Crippen molar-refractivity contribution in [1.29, 1.82) is 0 Å². The number of hydrogen-bond acceptors (Lipinski definition) is 1. The quantitative estimate of drug-likeness (QED) is 0.731. The Morgan fingerprint density at radius 2 is 1.79 bits per heavy atom. The summed E-state index contributed by atoms with van der Waals surface area (Å²) in [4.78, 5) is 12.7. The molecule has 4 rings (SSSR count). The maximum absolute atomic E-state index is 12.7.